The Morgan fingerprint density at radius 1 is 1.11 bits per heavy atom. The van der Waals surface area contributed by atoms with Crippen molar-refractivity contribution in [3.63, 3.8) is 0 Å². The molecule has 0 unspecified atom stereocenters. The van der Waals surface area contributed by atoms with E-state index in [4.69, 9.17) is 0 Å². The number of fused-ring (bicyclic) bond motifs is 1. The lowest BCUT2D eigenvalue weighted by Crippen LogP contribution is -1.86. The highest BCUT2D eigenvalue weighted by molar-refractivity contribution is 7.11. The summed E-state index contributed by atoms with van der Waals surface area (Å²) in [6.45, 7) is 5.95. The SMILES string of the molecule is CCc1nnc(C)s1.Cc1ncc2ccccc2n1. The van der Waals surface area contributed by atoms with Crippen LogP contribution in [0.5, 0.6) is 0 Å². The largest absolute Gasteiger partial charge is 0.241 e. The molecular formula is C14H16N4S. The molecule has 19 heavy (non-hydrogen) atoms. The van der Waals surface area contributed by atoms with Crippen LogP contribution in [-0.4, -0.2) is 20.2 Å². The third kappa shape index (κ3) is 3.79. The van der Waals surface area contributed by atoms with E-state index < -0.39 is 0 Å². The molecular weight excluding hydrogens is 256 g/mol. The van der Waals surface area contributed by atoms with Crippen molar-refractivity contribution in [2.75, 3.05) is 0 Å². The number of para-hydroxylation sites is 1. The zero-order valence-electron chi connectivity index (χ0n) is 11.3. The van der Waals surface area contributed by atoms with Crippen molar-refractivity contribution in [3.8, 4) is 0 Å². The second-order valence-electron chi connectivity index (χ2n) is 4.04. The highest BCUT2D eigenvalue weighted by atomic mass is 32.1. The third-order valence-electron chi connectivity index (χ3n) is 2.48. The average molecular weight is 272 g/mol. The summed E-state index contributed by atoms with van der Waals surface area (Å²) in [7, 11) is 0. The highest BCUT2D eigenvalue weighted by Gasteiger charge is 1.93. The lowest BCUT2D eigenvalue weighted by atomic mass is 10.2. The Kier molecular flexibility index (Phi) is 4.52. The molecule has 0 bridgehead atoms. The van der Waals surface area contributed by atoms with E-state index in [0.29, 0.717) is 0 Å². The van der Waals surface area contributed by atoms with Crippen molar-refractivity contribution >= 4 is 22.2 Å². The molecule has 1 aromatic carbocycles. The third-order valence-corrected chi connectivity index (χ3v) is 3.46. The molecule has 3 rings (SSSR count). The van der Waals surface area contributed by atoms with Crippen LogP contribution in [0.1, 0.15) is 22.8 Å². The average Bonchev–Trinajstić information content (AvgIpc) is 2.85. The minimum Gasteiger partial charge on any atom is -0.241 e. The molecule has 0 spiro atoms. The van der Waals surface area contributed by atoms with Gasteiger partial charge in [0.2, 0.25) is 0 Å². The van der Waals surface area contributed by atoms with Gasteiger partial charge in [0, 0.05) is 11.6 Å². The van der Waals surface area contributed by atoms with E-state index in [-0.39, 0.29) is 0 Å². The van der Waals surface area contributed by atoms with Crippen LogP contribution in [-0.2, 0) is 6.42 Å². The predicted molar refractivity (Wildman–Crippen MR) is 78.3 cm³/mol. The quantitative estimate of drug-likeness (QED) is 0.681. The fourth-order valence-corrected chi connectivity index (χ4v) is 2.19. The van der Waals surface area contributed by atoms with E-state index in [1.54, 1.807) is 11.3 Å². The molecule has 0 amide bonds. The maximum atomic E-state index is 4.26. The van der Waals surface area contributed by atoms with Crippen LogP contribution in [0.2, 0.25) is 0 Å². The molecule has 0 N–H and O–H groups in total. The predicted octanol–water partition coefficient (Wildman–Crippen LogP) is 3.35. The monoisotopic (exact) mass is 272 g/mol. The van der Waals surface area contributed by atoms with E-state index >= 15 is 0 Å². The van der Waals surface area contributed by atoms with Crippen molar-refractivity contribution in [3.05, 3.63) is 46.3 Å². The van der Waals surface area contributed by atoms with Gasteiger partial charge in [0.1, 0.15) is 15.8 Å². The van der Waals surface area contributed by atoms with Crippen LogP contribution in [0.4, 0.5) is 0 Å². The van der Waals surface area contributed by atoms with Crippen LogP contribution in [0, 0.1) is 13.8 Å². The molecule has 5 heteroatoms. The number of benzene rings is 1. The number of aryl methyl sites for hydroxylation is 3. The zero-order valence-corrected chi connectivity index (χ0v) is 12.1. The minimum absolute atomic E-state index is 0.823. The normalized spacial score (nSPS) is 10.1. The van der Waals surface area contributed by atoms with E-state index in [9.17, 15) is 0 Å². The Morgan fingerprint density at radius 3 is 2.53 bits per heavy atom. The molecule has 0 aliphatic rings. The van der Waals surface area contributed by atoms with Gasteiger partial charge in [-0.25, -0.2) is 9.97 Å². The van der Waals surface area contributed by atoms with E-state index in [1.165, 1.54) is 0 Å². The Bertz CT molecular complexity index is 663. The standard InChI is InChI=1S/C9H8N2.C5H8N2S/c1-7-10-6-8-4-2-3-5-9(8)11-7;1-3-5-7-6-4(2)8-5/h2-6H,1H3;3H2,1-2H3. The molecule has 0 saturated carbocycles. The number of aromatic nitrogens is 4. The smallest absolute Gasteiger partial charge is 0.125 e. The topological polar surface area (TPSA) is 51.6 Å². The molecule has 2 aromatic heterocycles. The van der Waals surface area contributed by atoms with Crippen LogP contribution in [0.15, 0.2) is 30.5 Å². The fourth-order valence-electron chi connectivity index (χ4n) is 1.55. The molecule has 4 nitrogen and oxygen atoms in total. The van der Waals surface area contributed by atoms with E-state index in [0.717, 1.165) is 33.2 Å². The molecule has 0 aliphatic carbocycles. The lowest BCUT2D eigenvalue weighted by molar-refractivity contribution is 0.966. The fraction of sp³-hybridized carbons (Fsp3) is 0.286. The van der Waals surface area contributed by atoms with Gasteiger partial charge in [-0.15, -0.1) is 21.5 Å². The highest BCUT2D eigenvalue weighted by Crippen LogP contribution is 2.08. The lowest BCUT2D eigenvalue weighted by Gasteiger charge is -1.95. The molecule has 0 aliphatic heterocycles. The summed E-state index contributed by atoms with van der Waals surface area (Å²) in [6.07, 6.45) is 2.85. The first kappa shape index (κ1) is 13.5. The number of hydrogen-bond donors (Lipinski definition) is 0. The maximum Gasteiger partial charge on any atom is 0.125 e. The molecule has 3 aromatic rings. The van der Waals surface area contributed by atoms with Crippen molar-refractivity contribution < 1.29 is 0 Å². The van der Waals surface area contributed by atoms with Gasteiger partial charge in [0.05, 0.1) is 5.52 Å². The summed E-state index contributed by atoms with van der Waals surface area (Å²) in [5.74, 6) is 0.823. The minimum atomic E-state index is 0.823. The van der Waals surface area contributed by atoms with Gasteiger partial charge in [0.15, 0.2) is 0 Å². The van der Waals surface area contributed by atoms with E-state index in [1.807, 2.05) is 44.3 Å². The number of nitrogens with zero attached hydrogens (tertiary/aromatic N) is 4. The summed E-state index contributed by atoms with van der Waals surface area (Å²) in [6, 6.07) is 7.97. The summed E-state index contributed by atoms with van der Waals surface area (Å²) in [4.78, 5) is 8.36. The molecule has 98 valence electrons. The molecule has 0 saturated heterocycles. The second kappa shape index (κ2) is 6.33. The first-order chi connectivity index (χ1) is 9.19. The van der Waals surface area contributed by atoms with Crippen molar-refractivity contribution in [1.29, 1.82) is 0 Å². The van der Waals surface area contributed by atoms with Crippen LogP contribution < -0.4 is 0 Å². The van der Waals surface area contributed by atoms with Gasteiger partial charge >= 0.3 is 0 Å². The Hall–Kier alpha value is -1.88. The van der Waals surface area contributed by atoms with Crippen LogP contribution in [0.3, 0.4) is 0 Å². The van der Waals surface area contributed by atoms with Gasteiger partial charge in [-0.1, -0.05) is 25.1 Å². The first-order valence-corrected chi connectivity index (χ1v) is 6.98. The van der Waals surface area contributed by atoms with Gasteiger partial charge in [-0.2, -0.15) is 0 Å². The van der Waals surface area contributed by atoms with Gasteiger partial charge in [0.25, 0.3) is 0 Å². The molecule has 2 heterocycles. The molecule has 0 radical (unpaired) electrons. The first-order valence-electron chi connectivity index (χ1n) is 6.16. The second-order valence-corrected chi connectivity index (χ2v) is 5.31. The Balaban J connectivity index is 0.000000148. The van der Waals surface area contributed by atoms with Crippen molar-refractivity contribution in [1.82, 2.24) is 20.2 Å². The number of rotatable bonds is 1. The zero-order chi connectivity index (χ0) is 13.7. The Morgan fingerprint density at radius 2 is 1.89 bits per heavy atom. The van der Waals surface area contributed by atoms with Crippen LogP contribution >= 0.6 is 11.3 Å². The Labute approximate surface area is 116 Å². The van der Waals surface area contributed by atoms with Crippen molar-refractivity contribution in [2.24, 2.45) is 0 Å². The van der Waals surface area contributed by atoms with Gasteiger partial charge in [-0.05, 0) is 26.3 Å². The molecule has 0 fully saturated rings. The summed E-state index contributed by atoms with van der Waals surface area (Å²) in [5.41, 5.74) is 1.01. The summed E-state index contributed by atoms with van der Waals surface area (Å²) in [5, 5.41) is 11.0. The summed E-state index contributed by atoms with van der Waals surface area (Å²) >= 11 is 1.67. The number of hydrogen-bond acceptors (Lipinski definition) is 5. The van der Waals surface area contributed by atoms with E-state index in [2.05, 4.69) is 27.1 Å². The van der Waals surface area contributed by atoms with Gasteiger partial charge in [-0.3, -0.25) is 0 Å². The van der Waals surface area contributed by atoms with Gasteiger partial charge < -0.3 is 0 Å². The summed E-state index contributed by atoms with van der Waals surface area (Å²) < 4.78 is 0. The maximum absolute atomic E-state index is 4.26. The van der Waals surface area contributed by atoms with Crippen LogP contribution in [0.25, 0.3) is 10.9 Å². The molecule has 0 atom stereocenters. The van der Waals surface area contributed by atoms with Crippen molar-refractivity contribution in [2.45, 2.75) is 27.2 Å².